The van der Waals surface area contributed by atoms with Crippen molar-refractivity contribution in [2.24, 2.45) is 0 Å². The van der Waals surface area contributed by atoms with E-state index in [-0.39, 0.29) is 5.75 Å². The van der Waals surface area contributed by atoms with E-state index in [1.54, 1.807) is 6.07 Å². The van der Waals surface area contributed by atoms with Crippen molar-refractivity contribution in [3.05, 3.63) is 18.2 Å². The number of nitrogens with two attached hydrogens (primary N) is 1. The Bertz CT molecular complexity index is 271. The van der Waals surface area contributed by atoms with Crippen LogP contribution in [0.5, 0.6) is 5.75 Å². The minimum Gasteiger partial charge on any atom is -0.508 e. The molecule has 0 aliphatic carbocycles. The van der Waals surface area contributed by atoms with Gasteiger partial charge in [0.25, 0.3) is 0 Å². The molecular formula is C9H15NOSi. The van der Waals surface area contributed by atoms with Crippen LogP contribution in [0.2, 0.25) is 19.6 Å². The van der Waals surface area contributed by atoms with Crippen LogP contribution in [0, 0.1) is 0 Å². The molecule has 12 heavy (non-hydrogen) atoms. The van der Waals surface area contributed by atoms with Gasteiger partial charge in [-0.05, 0) is 12.1 Å². The molecule has 0 saturated carbocycles. The van der Waals surface area contributed by atoms with E-state index in [1.807, 2.05) is 12.1 Å². The number of hydrogen-bond donors (Lipinski definition) is 2. The Morgan fingerprint density at radius 2 is 1.75 bits per heavy atom. The molecule has 3 N–H and O–H groups in total. The van der Waals surface area contributed by atoms with Crippen LogP contribution in [0.4, 0.5) is 5.69 Å². The van der Waals surface area contributed by atoms with Crippen molar-refractivity contribution in [1.82, 2.24) is 0 Å². The van der Waals surface area contributed by atoms with Gasteiger partial charge < -0.3 is 10.8 Å². The van der Waals surface area contributed by atoms with E-state index < -0.39 is 8.07 Å². The SMILES string of the molecule is C[Si](C)(C)c1cc(N)cc(O)c1. The molecule has 0 radical (unpaired) electrons. The molecule has 0 unspecified atom stereocenters. The number of nitrogen functional groups attached to an aromatic ring is 1. The van der Waals surface area contributed by atoms with Gasteiger partial charge in [-0.1, -0.05) is 24.8 Å². The van der Waals surface area contributed by atoms with Crippen LogP contribution in [0.1, 0.15) is 0 Å². The Morgan fingerprint density at radius 3 is 2.17 bits per heavy atom. The molecule has 0 bridgehead atoms. The first kappa shape index (κ1) is 9.13. The maximum atomic E-state index is 9.30. The van der Waals surface area contributed by atoms with E-state index in [1.165, 1.54) is 5.19 Å². The van der Waals surface area contributed by atoms with Crippen molar-refractivity contribution < 1.29 is 5.11 Å². The van der Waals surface area contributed by atoms with Crippen molar-refractivity contribution >= 4 is 18.9 Å². The number of anilines is 1. The third-order valence-electron chi connectivity index (χ3n) is 1.81. The highest BCUT2D eigenvalue weighted by Gasteiger charge is 2.16. The summed E-state index contributed by atoms with van der Waals surface area (Å²) < 4.78 is 0. The van der Waals surface area contributed by atoms with E-state index in [9.17, 15) is 5.11 Å². The first-order valence-electron chi connectivity index (χ1n) is 3.99. The molecule has 0 fully saturated rings. The predicted octanol–water partition coefficient (Wildman–Crippen LogP) is 1.52. The third-order valence-corrected chi connectivity index (χ3v) is 3.83. The van der Waals surface area contributed by atoms with E-state index in [0.29, 0.717) is 5.69 Å². The lowest BCUT2D eigenvalue weighted by Crippen LogP contribution is -2.37. The molecule has 1 aromatic rings. The molecule has 0 heterocycles. The fraction of sp³-hybridized carbons (Fsp3) is 0.333. The number of phenols is 1. The van der Waals surface area contributed by atoms with Gasteiger partial charge in [0.1, 0.15) is 5.75 Å². The first-order valence-corrected chi connectivity index (χ1v) is 7.49. The van der Waals surface area contributed by atoms with Gasteiger partial charge in [0.2, 0.25) is 0 Å². The third kappa shape index (κ3) is 2.01. The highest BCUT2D eigenvalue weighted by atomic mass is 28.3. The molecule has 0 aliphatic heterocycles. The minimum absolute atomic E-state index is 0.271. The lowest BCUT2D eigenvalue weighted by atomic mass is 10.3. The van der Waals surface area contributed by atoms with Crippen molar-refractivity contribution in [3.63, 3.8) is 0 Å². The average Bonchev–Trinajstić information content (AvgIpc) is 1.82. The van der Waals surface area contributed by atoms with Crippen molar-refractivity contribution in [2.45, 2.75) is 19.6 Å². The molecule has 0 saturated heterocycles. The Labute approximate surface area is 74.0 Å². The van der Waals surface area contributed by atoms with Gasteiger partial charge in [0.05, 0.1) is 8.07 Å². The van der Waals surface area contributed by atoms with Gasteiger partial charge in [-0.3, -0.25) is 0 Å². The number of rotatable bonds is 1. The standard InChI is InChI=1S/C9H15NOSi/c1-12(2,3)9-5-7(10)4-8(11)6-9/h4-6,11H,10H2,1-3H3. The smallest absolute Gasteiger partial charge is 0.117 e. The molecule has 0 aromatic heterocycles. The Hall–Kier alpha value is -0.963. The van der Waals surface area contributed by atoms with Crippen LogP contribution >= 0.6 is 0 Å². The summed E-state index contributed by atoms with van der Waals surface area (Å²) in [5.74, 6) is 0.271. The van der Waals surface area contributed by atoms with Crippen LogP contribution in [-0.4, -0.2) is 13.2 Å². The summed E-state index contributed by atoms with van der Waals surface area (Å²) in [7, 11) is -1.34. The topological polar surface area (TPSA) is 46.2 Å². The molecular weight excluding hydrogens is 166 g/mol. The van der Waals surface area contributed by atoms with Gasteiger partial charge in [0, 0.05) is 11.8 Å². The van der Waals surface area contributed by atoms with Crippen molar-refractivity contribution in [2.75, 3.05) is 5.73 Å². The summed E-state index contributed by atoms with van der Waals surface area (Å²) >= 11 is 0. The monoisotopic (exact) mass is 181 g/mol. The normalized spacial score (nSPS) is 11.6. The zero-order valence-electron chi connectivity index (χ0n) is 7.76. The van der Waals surface area contributed by atoms with Crippen molar-refractivity contribution in [1.29, 1.82) is 0 Å². The second-order valence-electron chi connectivity index (χ2n) is 4.06. The molecule has 0 amide bonds. The quantitative estimate of drug-likeness (QED) is 0.510. The highest BCUT2D eigenvalue weighted by Crippen LogP contribution is 2.14. The second-order valence-corrected chi connectivity index (χ2v) is 9.14. The number of benzene rings is 1. The zero-order valence-corrected chi connectivity index (χ0v) is 8.76. The number of hydrogen-bond acceptors (Lipinski definition) is 2. The molecule has 1 aromatic carbocycles. The molecule has 0 atom stereocenters. The lowest BCUT2D eigenvalue weighted by Gasteiger charge is -2.17. The zero-order chi connectivity index (χ0) is 9.35. The molecule has 0 spiro atoms. The summed E-state index contributed by atoms with van der Waals surface area (Å²) in [5, 5.41) is 10.5. The highest BCUT2D eigenvalue weighted by molar-refractivity contribution is 6.88. The van der Waals surface area contributed by atoms with Gasteiger partial charge in [0.15, 0.2) is 0 Å². The maximum absolute atomic E-state index is 9.30. The Morgan fingerprint density at radius 1 is 1.17 bits per heavy atom. The van der Waals surface area contributed by atoms with Crippen LogP contribution in [0.15, 0.2) is 18.2 Å². The van der Waals surface area contributed by atoms with Gasteiger partial charge in [-0.25, -0.2) is 0 Å². The minimum atomic E-state index is -1.34. The van der Waals surface area contributed by atoms with Gasteiger partial charge in [-0.15, -0.1) is 0 Å². The molecule has 66 valence electrons. The van der Waals surface area contributed by atoms with E-state index in [4.69, 9.17) is 5.73 Å². The fourth-order valence-corrected chi connectivity index (χ4v) is 2.25. The van der Waals surface area contributed by atoms with E-state index in [2.05, 4.69) is 19.6 Å². The fourth-order valence-electron chi connectivity index (χ4n) is 1.07. The molecule has 2 nitrogen and oxygen atoms in total. The van der Waals surface area contributed by atoms with Gasteiger partial charge >= 0.3 is 0 Å². The second kappa shape index (κ2) is 2.82. The Balaban J connectivity index is 3.18. The summed E-state index contributed by atoms with van der Waals surface area (Å²) in [6, 6.07) is 5.33. The van der Waals surface area contributed by atoms with Crippen LogP contribution in [0.25, 0.3) is 0 Å². The largest absolute Gasteiger partial charge is 0.508 e. The van der Waals surface area contributed by atoms with Crippen LogP contribution in [-0.2, 0) is 0 Å². The average molecular weight is 181 g/mol. The summed E-state index contributed by atoms with van der Waals surface area (Å²) in [6.45, 7) is 6.67. The van der Waals surface area contributed by atoms with Crippen LogP contribution in [0.3, 0.4) is 0 Å². The van der Waals surface area contributed by atoms with Crippen LogP contribution < -0.4 is 10.9 Å². The molecule has 3 heteroatoms. The molecule has 1 rings (SSSR count). The number of aromatic hydroxyl groups is 1. The van der Waals surface area contributed by atoms with Gasteiger partial charge in [-0.2, -0.15) is 0 Å². The van der Waals surface area contributed by atoms with E-state index in [0.717, 1.165) is 0 Å². The lowest BCUT2D eigenvalue weighted by molar-refractivity contribution is 0.476. The maximum Gasteiger partial charge on any atom is 0.117 e. The summed E-state index contributed by atoms with van der Waals surface area (Å²) in [4.78, 5) is 0. The molecule has 0 aliphatic rings. The predicted molar refractivity (Wildman–Crippen MR) is 55.5 cm³/mol. The summed E-state index contributed by atoms with van der Waals surface area (Å²) in [6.07, 6.45) is 0. The van der Waals surface area contributed by atoms with E-state index >= 15 is 0 Å². The number of phenolic OH excluding ortho intramolecular Hbond substituents is 1. The summed E-state index contributed by atoms with van der Waals surface area (Å²) in [5.41, 5.74) is 6.26. The first-order chi connectivity index (χ1) is 5.39. The Kier molecular flexibility index (Phi) is 2.15. The van der Waals surface area contributed by atoms with Crippen molar-refractivity contribution in [3.8, 4) is 5.75 Å².